The predicted molar refractivity (Wildman–Crippen MR) is 92.6 cm³/mol. The zero-order valence-corrected chi connectivity index (χ0v) is 14.2. The number of primary amides is 1. The Morgan fingerprint density at radius 1 is 1.15 bits per heavy atom. The van der Waals surface area contributed by atoms with Gasteiger partial charge in [0.15, 0.2) is 0 Å². The van der Waals surface area contributed by atoms with Crippen molar-refractivity contribution >= 4 is 38.5 Å². The van der Waals surface area contributed by atoms with E-state index in [1.54, 1.807) is 0 Å². The predicted octanol–water partition coefficient (Wildman–Crippen LogP) is 1.61. The van der Waals surface area contributed by atoms with E-state index in [9.17, 15) is 32.6 Å². The first kappa shape index (κ1) is 18.2. The van der Waals surface area contributed by atoms with Crippen molar-refractivity contribution in [2.75, 3.05) is 4.72 Å². The number of aromatic nitrogens is 1. The standard InChI is InChI=1S/C16H12FN3O6S/c17-11-6-13(21)10(15(18)22)5-14(11)27(25,26)20-7-3-9(16(23)24)8-1-2-19-12(8)4-7/h1-6,19-21H,(H2,18,22)(H,23,24). The Hall–Kier alpha value is -3.60. The zero-order valence-electron chi connectivity index (χ0n) is 13.4. The summed E-state index contributed by atoms with van der Waals surface area (Å²) in [5.41, 5.74) is 4.48. The largest absolute Gasteiger partial charge is 0.507 e. The van der Waals surface area contributed by atoms with E-state index in [1.807, 2.05) is 0 Å². The van der Waals surface area contributed by atoms with Crippen molar-refractivity contribution in [1.82, 2.24) is 4.98 Å². The minimum absolute atomic E-state index is 0.143. The van der Waals surface area contributed by atoms with Crippen LogP contribution < -0.4 is 10.5 Å². The molecule has 11 heteroatoms. The van der Waals surface area contributed by atoms with E-state index in [-0.39, 0.29) is 11.3 Å². The summed E-state index contributed by atoms with van der Waals surface area (Å²) in [6, 6.07) is 4.96. The first-order valence-electron chi connectivity index (χ1n) is 7.29. The van der Waals surface area contributed by atoms with Gasteiger partial charge in [0, 0.05) is 23.2 Å². The molecule has 1 aromatic heterocycles. The molecule has 6 N–H and O–H groups in total. The number of carboxylic acid groups (broad SMARTS) is 1. The number of hydrogen-bond acceptors (Lipinski definition) is 5. The minimum atomic E-state index is -4.56. The summed E-state index contributed by atoms with van der Waals surface area (Å²) in [7, 11) is -4.56. The second-order valence-electron chi connectivity index (χ2n) is 5.54. The number of hydrogen-bond donors (Lipinski definition) is 5. The maximum absolute atomic E-state index is 14.1. The molecule has 2 aromatic carbocycles. The van der Waals surface area contributed by atoms with Crippen molar-refractivity contribution in [3.8, 4) is 5.75 Å². The SMILES string of the molecule is NC(=O)c1cc(S(=O)(=O)Nc2cc(C(=O)O)c3cc[nH]c3c2)c(F)cc1O. The molecular weight excluding hydrogens is 381 g/mol. The lowest BCUT2D eigenvalue weighted by molar-refractivity contribution is 0.0698. The number of nitrogens with one attached hydrogen (secondary N) is 2. The Morgan fingerprint density at radius 2 is 1.85 bits per heavy atom. The van der Waals surface area contributed by atoms with Crippen LogP contribution in [0.3, 0.4) is 0 Å². The number of H-pyrrole nitrogens is 1. The smallest absolute Gasteiger partial charge is 0.336 e. The van der Waals surface area contributed by atoms with Gasteiger partial charge in [0.25, 0.3) is 15.9 Å². The molecular formula is C16H12FN3O6S. The Balaban J connectivity index is 2.10. The highest BCUT2D eigenvalue weighted by Gasteiger charge is 2.24. The topological polar surface area (TPSA) is 163 Å². The van der Waals surface area contributed by atoms with Crippen molar-refractivity contribution in [3.05, 3.63) is 53.5 Å². The lowest BCUT2D eigenvalue weighted by Crippen LogP contribution is -2.18. The number of nitrogens with two attached hydrogens (primary N) is 1. The van der Waals surface area contributed by atoms with Crippen molar-refractivity contribution in [2.24, 2.45) is 5.73 Å². The van der Waals surface area contributed by atoms with Crippen molar-refractivity contribution < 1.29 is 32.6 Å². The summed E-state index contributed by atoms with van der Waals surface area (Å²) in [6.45, 7) is 0. The van der Waals surface area contributed by atoms with Crippen LogP contribution in [-0.2, 0) is 10.0 Å². The van der Waals surface area contributed by atoms with Crippen molar-refractivity contribution in [3.63, 3.8) is 0 Å². The Labute approximate surface area is 151 Å². The van der Waals surface area contributed by atoms with Gasteiger partial charge in [-0.15, -0.1) is 0 Å². The fourth-order valence-electron chi connectivity index (χ4n) is 2.56. The third-order valence-electron chi connectivity index (χ3n) is 3.76. The number of fused-ring (bicyclic) bond motifs is 1. The van der Waals surface area contributed by atoms with Crippen molar-refractivity contribution in [2.45, 2.75) is 4.90 Å². The number of carbonyl (C=O) groups excluding carboxylic acids is 1. The number of aromatic amines is 1. The van der Waals surface area contributed by atoms with Gasteiger partial charge >= 0.3 is 5.97 Å². The van der Waals surface area contributed by atoms with Crippen LogP contribution in [0.4, 0.5) is 10.1 Å². The number of phenols is 1. The number of aromatic carboxylic acids is 1. The molecule has 0 aliphatic carbocycles. The van der Waals surface area contributed by atoms with Crippen LogP contribution in [0.5, 0.6) is 5.75 Å². The van der Waals surface area contributed by atoms with E-state index in [0.29, 0.717) is 23.0 Å². The van der Waals surface area contributed by atoms with E-state index < -0.39 is 43.9 Å². The number of halogens is 1. The van der Waals surface area contributed by atoms with Crippen LogP contribution in [0.25, 0.3) is 10.9 Å². The number of anilines is 1. The summed E-state index contributed by atoms with van der Waals surface area (Å²) >= 11 is 0. The maximum atomic E-state index is 14.1. The number of sulfonamides is 1. The van der Waals surface area contributed by atoms with Gasteiger partial charge in [0.1, 0.15) is 16.5 Å². The van der Waals surface area contributed by atoms with Gasteiger partial charge in [-0.3, -0.25) is 9.52 Å². The van der Waals surface area contributed by atoms with E-state index >= 15 is 0 Å². The van der Waals surface area contributed by atoms with E-state index in [4.69, 9.17) is 5.73 Å². The molecule has 0 aliphatic heterocycles. The second-order valence-corrected chi connectivity index (χ2v) is 7.19. The summed E-state index contributed by atoms with van der Waals surface area (Å²) < 4.78 is 41.2. The molecule has 1 amide bonds. The Kier molecular flexibility index (Phi) is 4.24. The van der Waals surface area contributed by atoms with Crippen molar-refractivity contribution in [1.29, 1.82) is 0 Å². The lowest BCUT2D eigenvalue weighted by atomic mass is 10.1. The molecule has 140 valence electrons. The monoisotopic (exact) mass is 393 g/mol. The van der Waals surface area contributed by atoms with Gasteiger partial charge in [-0.1, -0.05) is 0 Å². The summed E-state index contributed by atoms with van der Waals surface area (Å²) in [5.74, 6) is -4.55. The third kappa shape index (κ3) is 3.27. The number of carboxylic acids is 1. The number of benzene rings is 2. The molecule has 0 radical (unpaired) electrons. The zero-order chi connectivity index (χ0) is 19.9. The maximum Gasteiger partial charge on any atom is 0.336 e. The first-order chi connectivity index (χ1) is 12.6. The van der Waals surface area contributed by atoms with Crippen LogP contribution >= 0.6 is 0 Å². The quantitative estimate of drug-likeness (QED) is 0.442. The highest BCUT2D eigenvalue weighted by molar-refractivity contribution is 7.92. The van der Waals surface area contributed by atoms with E-state index in [0.717, 1.165) is 6.07 Å². The molecule has 0 saturated heterocycles. The molecule has 0 aliphatic rings. The van der Waals surface area contributed by atoms with E-state index in [2.05, 4.69) is 9.71 Å². The van der Waals surface area contributed by atoms with E-state index in [1.165, 1.54) is 18.3 Å². The van der Waals surface area contributed by atoms with Crippen LogP contribution in [0, 0.1) is 5.82 Å². The number of carbonyl (C=O) groups is 2. The molecule has 0 spiro atoms. The van der Waals surface area contributed by atoms with Crippen LogP contribution in [0.1, 0.15) is 20.7 Å². The van der Waals surface area contributed by atoms with Gasteiger partial charge in [0.05, 0.1) is 16.8 Å². The molecule has 3 rings (SSSR count). The normalized spacial score (nSPS) is 11.4. The highest BCUT2D eigenvalue weighted by atomic mass is 32.2. The highest BCUT2D eigenvalue weighted by Crippen LogP contribution is 2.28. The Bertz CT molecular complexity index is 1200. The minimum Gasteiger partial charge on any atom is -0.507 e. The molecule has 27 heavy (non-hydrogen) atoms. The number of rotatable bonds is 5. The van der Waals surface area contributed by atoms with Crippen LogP contribution in [-0.4, -0.2) is 35.5 Å². The fraction of sp³-hybridized carbons (Fsp3) is 0. The summed E-state index contributed by atoms with van der Waals surface area (Å²) in [5, 5.41) is 19.1. The molecule has 0 atom stereocenters. The fourth-order valence-corrected chi connectivity index (χ4v) is 3.69. The molecule has 0 unspecified atom stereocenters. The molecule has 0 bridgehead atoms. The third-order valence-corrected chi connectivity index (χ3v) is 5.15. The second kappa shape index (κ2) is 6.29. The van der Waals surface area contributed by atoms with Gasteiger partial charge < -0.3 is 20.9 Å². The van der Waals surface area contributed by atoms with Gasteiger partial charge in [-0.2, -0.15) is 0 Å². The molecule has 0 fully saturated rings. The average molecular weight is 393 g/mol. The van der Waals surface area contributed by atoms with Crippen LogP contribution in [0.2, 0.25) is 0 Å². The molecule has 0 saturated carbocycles. The first-order valence-corrected chi connectivity index (χ1v) is 8.78. The lowest BCUT2D eigenvalue weighted by Gasteiger charge is -2.12. The molecule has 1 heterocycles. The van der Waals surface area contributed by atoms with Gasteiger partial charge in [0.2, 0.25) is 0 Å². The van der Waals surface area contributed by atoms with Gasteiger partial charge in [-0.05, 0) is 24.3 Å². The molecule has 9 nitrogen and oxygen atoms in total. The average Bonchev–Trinajstić information content (AvgIpc) is 3.01. The summed E-state index contributed by atoms with van der Waals surface area (Å²) in [6.07, 6.45) is 1.48. The van der Waals surface area contributed by atoms with Gasteiger partial charge in [-0.25, -0.2) is 17.6 Å². The Morgan fingerprint density at radius 3 is 2.48 bits per heavy atom. The summed E-state index contributed by atoms with van der Waals surface area (Å²) in [4.78, 5) is 24.5. The van der Waals surface area contributed by atoms with Crippen LogP contribution in [0.15, 0.2) is 41.4 Å². The molecule has 3 aromatic rings. The number of amides is 1. The number of aromatic hydroxyl groups is 1.